The molecule has 3 aliphatic rings. The van der Waals surface area contributed by atoms with E-state index < -0.39 is 10.8 Å². The Morgan fingerprint density at radius 1 is 0.327 bits per heavy atom. The standard InChI is InChI=1S/C54H34O/c1-4-21-39(22-5-1)53(40-23-6-2-7-24-40)48-32-16-17-34-51(48)55-52-44(29-18-33-49(52)53)42-27-12-14-30-46(42)54(41-25-8-3-9-26-41)47-31-15-13-28-43(47)45-35-37-19-10-11-20-38(37)36-50(45)54/h1-9,12-36H. The van der Waals surface area contributed by atoms with E-state index in [0.29, 0.717) is 0 Å². The van der Waals surface area contributed by atoms with Crippen LogP contribution in [-0.2, 0) is 10.8 Å². The summed E-state index contributed by atoms with van der Waals surface area (Å²) in [6, 6.07) is 70.8. The first-order chi connectivity index (χ1) is 27.3. The van der Waals surface area contributed by atoms with Gasteiger partial charge in [0, 0.05) is 16.7 Å². The van der Waals surface area contributed by atoms with Crippen molar-refractivity contribution in [2.75, 3.05) is 0 Å². The van der Waals surface area contributed by atoms with Crippen LogP contribution in [0.1, 0.15) is 55.6 Å². The maximum Gasteiger partial charge on any atom is 0.140 e. The van der Waals surface area contributed by atoms with Crippen molar-refractivity contribution in [3.63, 3.8) is 0 Å². The fourth-order valence-electron chi connectivity index (χ4n) is 9.77. The van der Waals surface area contributed by atoms with Crippen LogP contribution in [0.3, 0.4) is 0 Å². The van der Waals surface area contributed by atoms with E-state index in [1.54, 1.807) is 0 Å². The summed E-state index contributed by atoms with van der Waals surface area (Å²) in [6.07, 6.45) is 4.11. The zero-order valence-corrected chi connectivity index (χ0v) is 30.0. The summed E-state index contributed by atoms with van der Waals surface area (Å²) in [7, 11) is 0. The highest BCUT2D eigenvalue weighted by molar-refractivity contribution is 5.92. The summed E-state index contributed by atoms with van der Waals surface area (Å²) < 4.78 is 7.21. The molecule has 1 atom stereocenters. The van der Waals surface area contributed by atoms with Crippen molar-refractivity contribution in [1.29, 1.82) is 0 Å². The number of ether oxygens (including phenoxy) is 1. The van der Waals surface area contributed by atoms with Gasteiger partial charge in [-0.25, -0.2) is 0 Å². The van der Waals surface area contributed by atoms with Gasteiger partial charge < -0.3 is 4.74 Å². The molecule has 0 saturated heterocycles. The Morgan fingerprint density at radius 2 is 0.782 bits per heavy atom. The number of fused-ring (bicyclic) bond motifs is 6. The van der Waals surface area contributed by atoms with Crippen LogP contribution in [0.2, 0.25) is 0 Å². The summed E-state index contributed by atoms with van der Waals surface area (Å²) >= 11 is 0. The van der Waals surface area contributed by atoms with Crippen molar-refractivity contribution in [2.24, 2.45) is 0 Å². The summed E-state index contributed by atoms with van der Waals surface area (Å²) in [5.41, 5.74) is 21.8. The second kappa shape index (κ2) is 12.2. The zero-order chi connectivity index (χ0) is 36.4. The molecule has 2 aliphatic carbocycles. The molecule has 0 radical (unpaired) electrons. The molecule has 1 heterocycles. The lowest BCUT2D eigenvalue weighted by atomic mass is 9.62. The number of benzene rings is 8. The number of para-hydroxylation sites is 2. The van der Waals surface area contributed by atoms with E-state index in [-0.39, 0.29) is 0 Å². The number of hydrogen-bond donors (Lipinski definition) is 0. The van der Waals surface area contributed by atoms with Gasteiger partial charge in [0.15, 0.2) is 0 Å². The minimum absolute atomic E-state index is 0.617. The molecular formula is C54H34O. The molecule has 0 amide bonds. The van der Waals surface area contributed by atoms with Gasteiger partial charge in [0.25, 0.3) is 0 Å². The molecule has 0 saturated carbocycles. The quantitative estimate of drug-likeness (QED) is 0.163. The first-order valence-corrected chi connectivity index (χ1v) is 18.9. The summed E-state index contributed by atoms with van der Waals surface area (Å²) in [5, 5.41) is 0. The minimum Gasteiger partial charge on any atom is -0.456 e. The van der Waals surface area contributed by atoms with E-state index in [2.05, 4.69) is 212 Å². The average Bonchev–Trinajstić information content (AvgIpc) is 3.55. The highest BCUT2D eigenvalue weighted by atomic mass is 16.5. The number of rotatable bonds is 5. The van der Waals surface area contributed by atoms with Gasteiger partial charge >= 0.3 is 0 Å². The highest BCUT2D eigenvalue weighted by Gasteiger charge is 2.49. The monoisotopic (exact) mass is 698 g/mol. The van der Waals surface area contributed by atoms with Crippen molar-refractivity contribution in [2.45, 2.75) is 10.8 Å². The summed E-state index contributed by atoms with van der Waals surface area (Å²) in [5.74, 6) is 1.74. The molecule has 0 bridgehead atoms. The van der Waals surface area contributed by atoms with Crippen molar-refractivity contribution in [1.82, 2.24) is 0 Å². The van der Waals surface area contributed by atoms with E-state index in [1.807, 2.05) is 6.08 Å². The molecule has 8 aromatic carbocycles. The molecule has 8 aromatic rings. The topological polar surface area (TPSA) is 9.23 Å². The predicted molar refractivity (Wildman–Crippen MR) is 224 cm³/mol. The first-order valence-electron chi connectivity index (χ1n) is 18.9. The SMILES string of the molecule is C1=C=Cc2cc3c(cc2C=1)-c1ccccc1C3(c1ccccc1)c1ccccc1-c1cccc2c1Oc1ccccc1C2(c1ccccc1)c1ccccc1. The van der Waals surface area contributed by atoms with Crippen LogP contribution in [0.4, 0.5) is 0 Å². The van der Waals surface area contributed by atoms with E-state index in [1.165, 1.54) is 44.5 Å². The van der Waals surface area contributed by atoms with Crippen LogP contribution >= 0.6 is 0 Å². The molecule has 0 aromatic heterocycles. The van der Waals surface area contributed by atoms with Gasteiger partial charge in [-0.3, -0.25) is 0 Å². The Hall–Kier alpha value is -7.14. The highest BCUT2D eigenvalue weighted by Crippen LogP contribution is 2.61. The Bertz CT molecular complexity index is 2870. The summed E-state index contributed by atoms with van der Waals surface area (Å²) in [6.45, 7) is 0. The third-order valence-electron chi connectivity index (χ3n) is 12.0. The van der Waals surface area contributed by atoms with E-state index in [4.69, 9.17) is 4.74 Å². The normalized spacial score (nSPS) is 16.3. The van der Waals surface area contributed by atoms with Gasteiger partial charge in [0.2, 0.25) is 0 Å². The first kappa shape index (κ1) is 31.4. The lowest BCUT2D eigenvalue weighted by molar-refractivity contribution is 0.436. The van der Waals surface area contributed by atoms with Crippen LogP contribution in [0, 0.1) is 0 Å². The van der Waals surface area contributed by atoms with Crippen LogP contribution < -0.4 is 4.74 Å². The van der Waals surface area contributed by atoms with E-state index in [0.717, 1.165) is 44.9 Å². The molecule has 1 heteroatoms. The third kappa shape index (κ3) is 4.37. The van der Waals surface area contributed by atoms with Gasteiger partial charge in [-0.2, -0.15) is 0 Å². The summed E-state index contributed by atoms with van der Waals surface area (Å²) in [4.78, 5) is 0. The van der Waals surface area contributed by atoms with Crippen molar-refractivity contribution in [3.05, 3.63) is 261 Å². The van der Waals surface area contributed by atoms with Gasteiger partial charge in [0.05, 0.1) is 10.8 Å². The maximum atomic E-state index is 7.21. The maximum absolute atomic E-state index is 7.21. The van der Waals surface area contributed by atoms with Gasteiger partial charge in [-0.05, 0) is 91.5 Å². The van der Waals surface area contributed by atoms with Crippen molar-refractivity contribution in [3.8, 4) is 33.8 Å². The van der Waals surface area contributed by atoms with Gasteiger partial charge in [0.1, 0.15) is 11.5 Å². The molecule has 11 rings (SSSR count). The molecule has 55 heavy (non-hydrogen) atoms. The molecule has 1 nitrogen and oxygen atoms in total. The Kier molecular flexibility index (Phi) is 6.97. The van der Waals surface area contributed by atoms with Gasteiger partial charge in [-0.1, -0.05) is 187 Å². The number of hydrogen-bond acceptors (Lipinski definition) is 1. The van der Waals surface area contributed by atoms with Crippen molar-refractivity contribution >= 4 is 12.2 Å². The zero-order valence-electron chi connectivity index (χ0n) is 30.0. The molecular weight excluding hydrogens is 665 g/mol. The lowest BCUT2D eigenvalue weighted by Gasteiger charge is -2.42. The average molecular weight is 699 g/mol. The van der Waals surface area contributed by atoms with E-state index >= 15 is 0 Å². The second-order valence-corrected chi connectivity index (χ2v) is 14.6. The van der Waals surface area contributed by atoms with Crippen LogP contribution in [0.15, 0.2) is 206 Å². The molecule has 1 aliphatic heterocycles. The molecule has 0 N–H and O–H groups in total. The van der Waals surface area contributed by atoms with Crippen LogP contribution in [0.5, 0.6) is 11.5 Å². The molecule has 256 valence electrons. The van der Waals surface area contributed by atoms with E-state index in [9.17, 15) is 0 Å². The van der Waals surface area contributed by atoms with Gasteiger partial charge in [-0.15, -0.1) is 0 Å². The molecule has 1 unspecified atom stereocenters. The van der Waals surface area contributed by atoms with Crippen molar-refractivity contribution < 1.29 is 4.74 Å². The van der Waals surface area contributed by atoms with Crippen LogP contribution in [-0.4, -0.2) is 0 Å². The third-order valence-corrected chi connectivity index (χ3v) is 12.0. The molecule has 0 fully saturated rings. The smallest absolute Gasteiger partial charge is 0.140 e. The largest absolute Gasteiger partial charge is 0.456 e. The lowest BCUT2D eigenvalue weighted by Crippen LogP contribution is -2.34. The van der Waals surface area contributed by atoms with Crippen LogP contribution in [0.25, 0.3) is 34.4 Å². The fraction of sp³-hybridized carbons (Fsp3) is 0.0370. The Balaban J connectivity index is 1.25. The minimum atomic E-state index is -0.622. The second-order valence-electron chi connectivity index (χ2n) is 14.6. The predicted octanol–water partition coefficient (Wildman–Crippen LogP) is 13.0. The Morgan fingerprint density at radius 3 is 1.40 bits per heavy atom. The Labute approximate surface area is 321 Å². The molecule has 0 spiro atoms. The fourth-order valence-corrected chi connectivity index (χ4v) is 9.77.